The summed E-state index contributed by atoms with van der Waals surface area (Å²) in [4.78, 5) is 3.46. The van der Waals surface area contributed by atoms with Crippen molar-refractivity contribution in [3.8, 4) is 0 Å². The van der Waals surface area contributed by atoms with Gasteiger partial charge in [0.25, 0.3) is 0 Å². The summed E-state index contributed by atoms with van der Waals surface area (Å²) in [6, 6.07) is 5.36. The average Bonchev–Trinajstić information content (AvgIpc) is 2.75. The van der Waals surface area contributed by atoms with Crippen LogP contribution < -0.4 is 5.32 Å². The Morgan fingerprint density at radius 1 is 1.32 bits per heavy atom. The van der Waals surface area contributed by atoms with E-state index in [1.165, 1.54) is 4.88 Å². The van der Waals surface area contributed by atoms with Crippen LogP contribution in [-0.4, -0.2) is 25.0 Å². The van der Waals surface area contributed by atoms with E-state index in [9.17, 15) is 4.39 Å². The standard InChI is InChI=1S/C15H21FN2S/c1-4-17-9-14-11(10-18(3)5-2)15-12(16)7-6-8-13(15)19-14/h6-8,17H,4-5,9-10H2,1-3H3. The van der Waals surface area contributed by atoms with Crippen molar-refractivity contribution in [1.82, 2.24) is 10.2 Å². The first-order chi connectivity index (χ1) is 9.17. The number of thiophene rings is 1. The Morgan fingerprint density at radius 2 is 2.11 bits per heavy atom. The highest BCUT2D eigenvalue weighted by Gasteiger charge is 2.16. The number of benzene rings is 1. The van der Waals surface area contributed by atoms with Crippen LogP contribution in [0.3, 0.4) is 0 Å². The number of fused-ring (bicyclic) bond motifs is 1. The lowest BCUT2D eigenvalue weighted by molar-refractivity contribution is 0.346. The van der Waals surface area contributed by atoms with Crippen molar-refractivity contribution >= 4 is 21.4 Å². The highest BCUT2D eigenvalue weighted by atomic mass is 32.1. The summed E-state index contributed by atoms with van der Waals surface area (Å²) in [6.45, 7) is 7.73. The second kappa shape index (κ2) is 6.46. The van der Waals surface area contributed by atoms with Gasteiger partial charge in [0.05, 0.1) is 0 Å². The molecule has 0 fully saturated rings. The molecule has 0 aliphatic heterocycles. The molecule has 19 heavy (non-hydrogen) atoms. The van der Waals surface area contributed by atoms with Crippen LogP contribution >= 0.6 is 11.3 Å². The van der Waals surface area contributed by atoms with E-state index < -0.39 is 0 Å². The van der Waals surface area contributed by atoms with Crippen molar-refractivity contribution in [1.29, 1.82) is 0 Å². The van der Waals surface area contributed by atoms with E-state index in [0.29, 0.717) is 0 Å². The van der Waals surface area contributed by atoms with Gasteiger partial charge in [0, 0.05) is 28.1 Å². The fourth-order valence-corrected chi connectivity index (χ4v) is 3.35. The number of nitrogens with zero attached hydrogens (tertiary/aromatic N) is 1. The zero-order valence-electron chi connectivity index (χ0n) is 11.8. The molecule has 104 valence electrons. The first kappa shape index (κ1) is 14.4. The van der Waals surface area contributed by atoms with Gasteiger partial charge in [-0.2, -0.15) is 0 Å². The lowest BCUT2D eigenvalue weighted by atomic mass is 10.1. The summed E-state index contributed by atoms with van der Waals surface area (Å²) in [5.74, 6) is -0.101. The number of rotatable bonds is 6. The molecule has 0 atom stereocenters. The molecule has 1 aromatic heterocycles. The van der Waals surface area contributed by atoms with E-state index >= 15 is 0 Å². The molecule has 2 aromatic rings. The van der Waals surface area contributed by atoms with Gasteiger partial charge < -0.3 is 10.2 Å². The molecule has 0 aliphatic rings. The van der Waals surface area contributed by atoms with Crippen LogP contribution in [0, 0.1) is 5.82 Å². The van der Waals surface area contributed by atoms with Crippen molar-refractivity contribution < 1.29 is 4.39 Å². The van der Waals surface area contributed by atoms with E-state index in [-0.39, 0.29) is 5.82 Å². The molecule has 1 N–H and O–H groups in total. The van der Waals surface area contributed by atoms with Crippen molar-refractivity contribution in [2.45, 2.75) is 26.9 Å². The van der Waals surface area contributed by atoms with Gasteiger partial charge in [-0.15, -0.1) is 11.3 Å². The van der Waals surface area contributed by atoms with E-state index in [0.717, 1.165) is 41.8 Å². The van der Waals surface area contributed by atoms with Crippen LogP contribution in [0.15, 0.2) is 18.2 Å². The Labute approximate surface area is 118 Å². The number of hydrogen-bond acceptors (Lipinski definition) is 3. The Balaban J connectivity index is 2.47. The smallest absolute Gasteiger partial charge is 0.132 e. The molecule has 0 aliphatic carbocycles. The fraction of sp³-hybridized carbons (Fsp3) is 0.467. The summed E-state index contributed by atoms with van der Waals surface area (Å²) in [7, 11) is 2.07. The normalized spacial score (nSPS) is 11.6. The molecule has 0 bridgehead atoms. The van der Waals surface area contributed by atoms with Crippen LogP contribution in [0.5, 0.6) is 0 Å². The minimum Gasteiger partial charge on any atom is -0.312 e. The fourth-order valence-electron chi connectivity index (χ4n) is 2.15. The van der Waals surface area contributed by atoms with Crippen LogP contribution in [-0.2, 0) is 13.1 Å². The van der Waals surface area contributed by atoms with Crippen LogP contribution in [0.4, 0.5) is 4.39 Å². The zero-order valence-corrected chi connectivity index (χ0v) is 12.6. The van der Waals surface area contributed by atoms with Crippen molar-refractivity contribution in [3.63, 3.8) is 0 Å². The maximum absolute atomic E-state index is 14.1. The Kier molecular flexibility index (Phi) is 4.91. The molecule has 0 unspecified atom stereocenters. The lowest BCUT2D eigenvalue weighted by Gasteiger charge is -2.15. The average molecular weight is 280 g/mol. The van der Waals surface area contributed by atoms with Gasteiger partial charge in [-0.3, -0.25) is 0 Å². The van der Waals surface area contributed by atoms with Gasteiger partial charge in [0.1, 0.15) is 5.82 Å². The molecule has 2 nitrogen and oxygen atoms in total. The van der Waals surface area contributed by atoms with Crippen molar-refractivity contribution in [2.75, 3.05) is 20.1 Å². The Bertz CT molecular complexity index is 550. The number of hydrogen-bond donors (Lipinski definition) is 1. The molecule has 0 saturated carbocycles. The molecule has 0 radical (unpaired) electrons. The second-order valence-electron chi connectivity index (χ2n) is 4.73. The summed E-state index contributed by atoms with van der Waals surface area (Å²) in [5, 5.41) is 4.15. The first-order valence-electron chi connectivity index (χ1n) is 6.75. The highest BCUT2D eigenvalue weighted by Crippen LogP contribution is 2.33. The maximum atomic E-state index is 14.1. The molecular weight excluding hydrogens is 259 g/mol. The molecule has 0 saturated heterocycles. The monoisotopic (exact) mass is 280 g/mol. The van der Waals surface area contributed by atoms with E-state index in [4.69, 9.17) is 0 Å². The topological polar surface area (TPSA) is 15.3 Å². The number of nitrogens with one attached hydrogen (secondary N) is 1. The molecule has 1 heterocycles. The van der Waals surface area contributed by atoms with Crippen LogP contribution in [0.25, 0.3) is 10.1 Å². The maximum Gasteiger partial charge on any atom is 0.132 e. The second-order valence-corrected chi connectivity index (χ2v) is 5.86. The zero-order chi connectivity index (χ0) is 13.8. The van der Waals surface area contributed by atoms with Gasteiger partial charge in [-0.1, -0.05) is 19.9 Å². The van der Waals surface area contributed by atoms with Gasteiger partial charge in [0.2, 0.25) is 0 Å². The quantitative estimate of drug-likeness (QED) is 0.869. The summed E-state index contributed by atoms with van der Waals surface area (Å²) < 4.78 is 15.2. The highest BCUT2D eigenvalue weighted by molar-refractivity contribution is 7.19. The Hall–Kier alpha value is -0.970. The predicted octanol–water partition coefficient (Wildman–Crippen LogP) is 3.60. The van der Waals surface area contributed by atoms with Gasteiger partial charge in [0.15, 0.2) is 0 Å². The molecule has 0 spiro atoms. The third-order valence-electron chi connectivity index (χ3n) is 3.35. The third-order valence-corrected chi connectivity index (χ3v) is 4.55. The molecule has 0 amide bonds. The molecule has 1 aromatic carbocycles. The summed E-state index contributed by atoms with van der Waals surface area (Å²) in [5.41, 5.74) is 1.14. The van der Waals surface area contributed by atoms with Crippen LogP contribution in [0.2, 0.25) is 0 Å². The minimum absolute atomic E-state index is 0.101. The van der Waals surface area contributed by atoms with E-state index in [1.54, 1.807) is 23.5 Å². The molecule has 2 rings (SSSR count). The van der Waals surface area contributed by atoms with Crippen molar-refractivity contribution in [2.24, 2.45) is 0 Å². The largest absolute Gasteiger partial charge is 0.312 e. The summed E-state index contributed by atoms with van der Waals surface area (Å²) in [6.07, 6.45) is 0. The molecule has 4 heteroatoms. The minimum atomic E-state index is -0.101. The SMILES string of the molecule is CCNCc1sc2cccc(F)c2c1CN(C)CC. The first-order valence-corrected chi connectivity index (χ1v) is 7.57. The number of halogens is 1. The summed E-state index contributed by atoms with van der Waals surface area (Å²) >= 11 is 1.70. The predicted molar refractivity (Wildman–Crippen MR) is 81.2 cm³/mol. The molecular formula is C15H21FN2S. The van der Waals surface area contributed by atoms with E-state index in [1.807, 2.05) is 6.07 Å². The third kappa shape index (κ3) is 3.14. The van der Waals surface area contributed by atoms with Gasteiger partial charge in [-0.05, 0) is 37.8 Å². The van der Waals surface area contributed by atoms with E-state index in [2.05, 4.69) is 31.1 Å². The van der Waals surface area contributed by atoms with Crippen LogP contribution in [0.1, 0.15) is 24.3 Å². The van der Waals surface area contributed by atoms with Crippen molar-refractivity contribution in [3.05, 3.63) is 34.5 Å². The van der Waals surface area contributed by atoms with Gasteiger partial charge in [-0.25, -0.2) is 4.39 Å². The van der Waals surface area contributed by atoms with Gasteiger partial charge >= 0.3 is 0 Å². The Morgan fingerprint density at radius 3 is 2.79 bits per heavy atom. The lowest BCUT2D eigenvalue weighted by Crippen LogP contribution is -2.19.